The van der Waals surface area contributed by atoms with Gasteiger partial charge in [0.25, 0.3) is 17.1 Å². The number of nitro benzene ring substituents is 3. The van der Waals surface area contributed by atoms with Crippen LogP contribution < -0.4 is 9.59 Å². The highest BCUT2D eigenvalue weighted by molar-refractivity contribution is 5.82. The number of benzene rings is 2. The summed E-state index contributed by atoms with van der Waals surface area (Å²) in [7, 11) is 6.52. The Kier molecular flexibility index (Phi) is 5.78. The third kappa shape index (κ3) is 4.81. The molecule has 0 spiro atoms. The van der Waals surface area contributed by atoms with Crippen LogP contribution in [0.5, 0.6) is 5.75 Å². The van der Waals surface area contributed by atoms with Crippen LogP contribution in [0, 0.1) is 30.3 Å². The van der Waals surface area contributed by atoms with E-state index in [0.29, 0.717) is 12.1 Å². The average molecular weight is 403 g/mol. The number of nitrogens with zero attached hydrogens (tertiary/aromatic N) is 4. The molecule has 0 atom stereocenters. The van der Waals surface area contributed by atoms with Gasteiger partial charge in [-0.1, -0.05) is 0 Å². The molecule has 0 amide bonds. The number of nitrogens with one attached hydrogen (secondary N) is 1. The molecule has 2 aromatic carbocycles. The Hall–Kier alpha value is -4.06. The highest BCUT2D eigenvalue weighted by Gasteiger charge is 2.24. The molecule has 0 unspecified atom stereocenters. The lowest BCUT2D eigenvalue weighted by molar-refractivity contribution is -0.420. The van der Waals surface area contributed by atoms with Crippen molar-refractivity contribution in [3.63, 3.8) is 0 Å². The molecule has 3 rings (SSSR count). The van der Waals surface area contributed by atoms with E-state index in [0.717, 1.165) is 4.48 Å². The summed E-state index contributed by atoms with van der Waals surface area (Å²) in [5.41, 5.74) is -0.732. The number of non-ortho nitro benzene ring substituents is 1. The molecule has 152 valence electrons. The van der Waals surface area contributed by atoms with Crippen LogP contribution in [0.1, 0.15) is 0 Å². The largest absolute Gasteiger partial charge is 0.863 e. The lowest BCUT2D eigenvalue weighted by Gasteiger charge is -2.23. The summed E-state index contributed by atoms with van der Waals surface area (Å²) >= 11 is 0. The minimum Gasteiger partial charge on any atom is -0.863 e. The lowest BCUT2D eigenvalue weighted by atomic mass is 10.2. The molecule has 12 heteroatoms. The first kappa shape index (κ1) is 21.2. The predicted molar refractivity (Wildman–Crippen MR) is 104 cm³/mol. The number of aromatic nitrogens is 1. The van der Waals surface area contributed by atoms with Crippen molar-refractivity contribution >= 4 is 33.7 Å². The minimum absolute atomic E-state index is 0.384. The van der Waals surface area contributed by atoms with Gasteiger partial charge in [-0.3, -0.25) is 34.8 Å². The van der Waals surface area contributed by atoms with Crippen molar-refractivity contribution in [2.24, 2.45) is 0 Å². The first-order chi connectivity index (χ1) is 13.4. The molecule has 0 aliphatic heterocycles. The number of aromatic amines is 1. The second-order valence-corrected chi connectivity index (χ2v) is 6.85. The van der Waals surface area contributed by atoms with E-state index in [4.69, 9.17) is 0 Å². The van der Waals surface area contributed by atoms with E-state index < -0.39 is 37.6 Å². The van der Waals surface area contributed by atoms with Gasteiger partial charge >= 0.3 is 0 Å². The van der Waals surface area contributed by atoms with Gasteiger partial charge < -0.3 is 10.1 Å². The van der Waals surface area contributed by atoms with E-state index in [1.54, 1.807) is 0 Å². The van der Waals surface area contributed by atoms with Crippen molar-refractivity contribution in [2.75, 3.05) is 21.1 Å². The molecule has 0 saturated heterocycles. The van der Waals surface area contributed by atoms with Crippen LogP contribution in [-0.2, 0) is 0 Å². The first-order valence-corrected chi connectivity index (χ1v) is 8.09. The lowest BCUT2D eigenvalue weighted by Crippen LogP contribution is -2.34. The zero-order valence-electron chi connectivity index (χ0n) is 15.7. The zero-order valence-corrected chi connectivity index (χ0v) is 15.7. The molecule has 12 nitrogen and oxygen atoms in total. The van der Waals surface area contributed by atoms with Gasteiger partial charge in [-0.25, -0.2) is 0 Å². The van der Waals surface area contributed by atoms with Crippen LogP contribution in [-0.4, -0.2) is 40.9 Å². The predicted octanol–water partition coefficient (Wildman–Crippen LogP) is 2.85. The fourth-order valence-electron chi connectivity index (χ4n) is 2.42. The molecule has 0 radical (unpaired) electrons. The molecule has 0 aliphatic carbocycles. The van der Waals surface area contributed by atoms with Crippen LogP contribution in [0.2, 0.25) is 0 Å². The van der Waals surface area contributed by atoms with E-state index in [1.807, 2.05) is 6.20 Å². The molecule has 0 bridgehead atoms. The second-order valence-electron chi connectivity index (χ2n) is 6.85. The van der Waals surface area contributed by atoms with Crippen molar-refractivity contribution in [3.05, 3.63) is 72.9 Å². The highest BCUT2D eigenvalue weighted by atomic mass is 16.6. The molecule has 3 aromatic rings. The van der Waals surface area contributed by atoms with Gasteiger partial charge in [0, 0.05) is 29.2 Å². The number of hydrogen-bond donors (Lipinski definition) is 1. The summed E-state index contributed by atoms with van der Waals surface area (Å²) in [6, 6.07) is 9.40. The normalized spacial score (nSPS) is 10.9. The molecule has 29 heavy (non-hydrogen) atoms. The molecule has 0 aliphatic rings. The van der Waals surface area contributed by atoms with Crippen LogP contribution in [0.15, 0.2) is 42.6 Å². The Balaban J connectivity index is 0.000000211. The summed E-state index contributed by atoms with van der Waals surface area (Å²) in [4.78, 5) is 30.7. The smallest absolute Gasteiger partial charge is 0.283 e. The van der Waals surface area contributed by atoms with Crippen molar-refractivity contribution in [2.45, 2.75) is 0 Å². The van der Waals surface area contributed by atoms with Crippen LogP contribution in [0.25, 0.3) is 10.9 Å². The maximum Gasteiger partial charge on any atom is 0.283 e. The number of H-pyrrole nitrogens is 1. The summed E-state index contributed by atoms with van der Waals surface area (Å²) in [5, 5.41) is 43.4. The topological polar surface area (TPSA) is 168 Å². The summed E-state index contributed by atoms with van der Waals surface area (Å²) in [6.45, 7) is 0. The number of nitro groups is 3. The van der Waals surface area contributed by atoms with Gasteiger partial charge in [-0.2, -0.15) is 0 Å². The fraction of sp³-hybridized carbons (Fsp3) is 0.176. The van der Waals surface area contributed by atoms with E-state index in [2.05, 4.69) is 50.4 Å². The maximum atomic E-state index is 11.1. The van der Waals surface area contributed by atoms with Gasteiger partial charge in [0.2, 0.25) is 0 Å². The van der Waals surface area contributed by atoms with Gasteiger partial charge in [0.05, 0.1) is 53.8 Å². The standard InChI is InChI=1S/C11H15N2.C6H3N3O7/c1-13(2,3)10-4-5-11-9(8-10)6-7-12-11;10-6-4(8(13)14)1-3(7(11)12)2-5(6)9(15)16/h4-8,12H,1-3H3;1-2,10H/q+1;/p-1. The summed E-state index contributed by atoms with van der Waals surface area (Å²) in [6.07, 6.45) is 1.98. The third-order valence-electron chi connectivity index (χ3n) is 3.95. The zero-order chi connectivity index (χ0) is 21.9. The molecular formula is C17H17N5O7. The monoisotopic (exact) mass is 403 g/mol. The SMILES string of the molecule is C[N+](C)(C)c1ccc2[nH]ccc2c1.O=[N+]([O-])c1cc([N+](=O)[O-])c([O-])c([N+](=O)[O-])c1. The number of hydrogen-bond acceptors (Lipinski definition) is 7. The molecule has 0 fully saturated rings. The van der Waals surface area contributed by atoms with E-state index in [-0.39, 0.29) is 0 Å². The van der Waals surface area contributed by atoms with Gasteiger partial charge in [0.15, 0.2) is 0 Å². The number of fused-ring (bicyclic) bond motifs is 1. The molecule has 1 N–H and O–H groups in total. The van der Waals surface area contributed by atoms with Crippen LogP contribution >= 0.6 is 0 Å². The minimum atomic E-state index is -1.46. The van der Waals surface area contributed by atoms with Crippen molar-refractivity contribution in [3.8, 4) is 5.75 Å². The van der Waals surface area contributed by atoms with Crippen molar-refractivity contribution < 1.29 is 19.9 Å². The quantitative estimate of drug-likeness (QED) is 0.396. The van der Waals surface area contributed by atoms with Gasteiger partial charge in [-0.05, 0) is 12.1 Å². The second kappa shape index (κ2) is 7.90. The Bertz CT molecular complexity index is 1070. The van der Waals surface area contributed by atoms with Gasteiger partial charge in [0.1, 0.15) is 5.69 Å². The Morgan fingerprint density at radius 1 is 0.828 bits per heavy atom. The van der Waals surface area contributed by atoms with E-state index >= 15 is 0 Å². The average Bonchev–Trinajstić information content (AvgIpc) is 3.08. The third-order valence-corrected chi connectivity index (χ3v) is 3.95. The first-order valence-electron chi connectivity index (χ1n) is 8.09. The molecular weight excluding hydrogens is 386 g/mol. The number of rotatable bonds is 4. The van der Waals surface area contributed by atoms with E-state index in [9.17, 15) is 35.4 Å². The Morgan fingerprint density at radius 3 is 1.83 bits per heavy atom. The molecule has 0 saturated carbocycles. The molecule has 1 aromatic heterocycles. The van der Waals surface area contributed by atoms with Gasteiger partial charge in [-0.15, -0.1) is 0 Å². The van der Waals surface area contributed by atoms with Crippen LogP contribution in [0.4, 0.5) is 22.7 Å². The highest BCUT2D eigenvalue weighted by Crippen LogP contribution is 2.36. The number of quaternary nitrogens is 1. The van der Waals surface area contributed by atoms with Crippen molar-refractivity contribution in [1.82, 2.24) is 9.47 Å². The van der Waals surface area contributed by atoms with Crippen molar-refractivity contribution in [1.29, 1.82) is 0 Å². The van der Waals surface area contributed by atoms with E-state index in [1.165, 1.54) is 16.6 Å². The Labute approximate surface area is 163 Å². The molecule has 1 heterocycles. The fourth-order valence-corrected chi connectivity index (χ4v) is 2.42. The summed E-state index contributed by atoms with van der Waals surface area (Å²) < 4.78 is 0.862. The van der Waals surface area contributed by atoms with Crippen LogP contribution in [0.3, 0.4) is 0 Å². The maximum absolute atomic E-state index is 11.1. The summed E-state index contributed by atoms with van der Waals surface area (Å²) in [5.74, 6) is -1.46. The Morgan fingerprint density at radius 2 is 1.38 bits per heavy atom.